The van der Waals surface area contributed by atoms with Crippen molar-refractivity contribution in [2.75, 3.05) is 4.90 Å². The van der Waals surface area contributed by atoms with Crippen molar-refractivity contribution in [1.82, 2.24) is 10.6 Å². The minimum absolute atomic E-state index is 0.0634. The van der Waals surface area contributed by atoms with Crippen molar-refractivity contribution in [3.05, 3.63) is 64.8 Å². The van der Waals surface area contributed by atoms with E-state index in [1.54, 1.807) is 12.1 Å². The lowest BCUT2D eigenvalue weighted by Gasteiger charge is -2.36. The van der Waals surface area contributed by atoms with Crippen LogP contribution in [0, 0.1) is 5.92 Å². The van der Waals surface area contributed by atoms with Crippen LogP contribution >= 0.6 is 40.4 Å². The number of hydrogen-bond acceptors (Lipinski definition) is 5. The van der Waals surface area contributed by atoms with E-state index < -0.39 is 10.0 Å². The lowest BCUT2D eigenvalue weighted by atomic mass is 9.92. The van der Waals surface area contributed by atoms with Gasteiger partial charge in [0.05, 0.1) is 15.8 Å². The van der Waals surface area contributed by atoms with Gasteiger partial charge in [0, 0.05) is 16.4 Å². The summed E-state index contributed by atoms with van der Waals surface area (Å²) in [6, 6.07) is 14.4. The van der Waals surface area contributed by atoms with Crippen LogP contribution in [0.4, 0.5) is 5.69 Å². The van der Waals surface area contributed by atoms with Gasteiger partial charge >= 0.3 is 0 Å². The van der Waals surface area contributed by atoms with E-state index >= 15 is 0 Å². The maximum atomic E-state index is 11.5. The molecule has 0 amide bonds. The van der Waals surface area contributed by atoms with Gasteiger partial charge in [-0.25, -0.2) is 13.6 Å². The summed E-state index contributed by atoms with van der Waals surface area (Å²) in [6.07, 6.45) is 1.81. The molecular formula is C18H15BrN4O2S3. The van der Waals surface area contributed by atoms with E-state index in [-0.39, 0.29) is 17.0 Å². The molecule has 144 valence electrons. The molecule has 4 rings (SSSR count). The highest BCUT2D eigenvalue weighted by Gasteiger charge is 2.42. The Morgan fingerprint density at radius 3 is 2.29 bits per heavy atom. The average Bonchev–Trinajstić information content (AvgIpc) is 3.01. The first-order valence-corrected chi connectivity index (χ1v) is 11.4. The second kappa shape index (κ2) is 7.20. The molecule has 2 aromatic rings. The fourth-order valence-electron chi connectivity index (χ4n) is 3.38. The lowest BCUT2D eigenvalue weighted by Crippen LogP contribution is -2.60. The average molecular weight is 495 g/mol. The molecule has 2 aliphatic heterocycles. The molecule has 2 heterocycles. The van der Waals surface area contributed by atoms with E-state index in [0.717, 1.165) is 21.3 Å². The van der Waals surface area contributed by atoms with Crippen LogP contribution in [0.15, 0.2) is 64.1 Å². The Morgan fingerprint density at radius 1 is 1.04 bits per heavy atom. The first kappa shape index (κ1) is 19.5. The van der Waals surface area contributed by atoms with Crippen molar-refractivity contribution < 1.29 is 8.42 Å². The Kier molecular flexibility index (Phi) is 5.00. The molecule has 2 aliphatic rings. The number of nitrogens with two attached hydrogens (primary N) is 1. The molecule has 0 radical (unpaired) electrons. The number of fused-ring (bicyclic) bond motifs is 1. The van der Waals surface area contributed by atoms with Gasteiger partial charge in [-0.1, -0.05) is 40.3 Å². The highest BCUT2D eigenvalue weighted by molar-refractivity contribution is 9.10. The van der Waals surface area contributed by atoms with E-state index in [2.05, 4.69) is 26.6 Å². The van der Waals surface area contributed by atoms with Crippen LogP contribution in [0.2, 0.25) is 0 Å². The number of anilines is 1. The lowest BCUT2D eigenvalue weighted by molar-refractivity contribution is 0.570. The fourth-order valence-corrected chi connectivity index (χ4v) is 4.81. The van der Waals surface area contributed by atoms with Gasteiger partial charge in [0.1, 0.15) is 6.17 Å². The van der Waals surface area contributed by atoms with Crippen LogP contribution in [0.25, 0.3) is 5.57 Å². The smallest absolute Gasteiger partial charge is 0.238 e. The monoisotopic (exact) mass is 494 g/mol. The number of nitrogens with zero attached hydrogens (tertiary/aromatic N) is 1. The van der Waals surface area contributed by atoms with Gasteiger partial charge in [-0.05, 0) is 59.8 Å². The van der Waals surface area contributed by atoms with Crippen LogP contribution in [0.5, 0.6) is 0 Å². The number of nitrogens with one attached hydrogen (secondary N) is 2. The zero-order valence-electron chi connectivity index (χ0n) is 14.3. The summed E-state index contributed by atoms with van der Waals surface area (Å²) in [5.41, 5.74) is 2.88. The third kappa shape index (κ3) is 3.58. The predicted octanol–water partition coefficient (Wildman–Crippen LogP) is 2.71. The van der Waals surface area contributed by atoms with E-state index in [1.165, 1.54) is 12.1 Å². The largest absolute Gasteiger partial charge is 0.341 e. The molecule has 4 N–H and O–H groups in total. The summed E-state index contributed by atoms with van der Waals surface area (Å²) in [5, 5.41) is 12.0. The number of thiocarbonyl (C=S) groups is 2. The van der Waals surface area contributed by atoms with Crippen molar-refractivity contribution in [1.29, 1.82) is 0 Å². The third-order valence-electron chi connectivity index (χ3n) is 4.67. The van der Waals surface area contributed by atoms with Crippen molar-refractivity contribution >= 4 is 71.8 Å². The molecule has 0 aromatic heterocycles. The Hall–Kier alpha value is -1.85. The summed E-state index contributed by atoms with van der Waals surface area (Å²) in [4.78, 5) is 2.72. The molecule has 6 nitrogen and oxygen atoms in total. The summed E-state index contributed by atoms with van der Waals surface area (Å²) < 4.78 is 24.1. The minimum atomic E-state index is -3.75. The maximum Gasteiger partial charge on any atom is 0.238 e. The molecule has 0 spiro atoms. The van der Waals surface area contributed by atoms with Crippen molar-refractivity contribution in [3.8, 4) is 0 Å². The maximum absolute atomic E-state index is 11.5. The first-order chi connectivity index (χ1) is 13.2. The molecule has 0 saturated carbocycles. The quantitative estimate of drug-likeness (QED) is 0.565. The van der Waals surface area contributed by atoms with Gasteiger partial charge in [0.2, 0.25) is 10.0 Å². The van der Waals surface area contributed by atoms with Crippen LogP contribution in [-0.2, 0) is 10.0 Å². The number of halogens is 1. The van der Waals surface area contributed by atoms with Crippen molar-refractivity contribution in [2.24, 2.45) is 11.1 Å². The summed E-state index contributed by atoms with van der Waals surface area (Å²) >= 11 is 14.3. The molecule has 0 bridgehead atoms. The normalized spacial score (nSPS) is 21.6. The molecular weight excluding hydrogens is 480 g/mol. The molecule has 2 aromatic carbocycles. The first-order valence-electron chi connectivity index (χ1n) is 8.24. The van der Waals surface area contributed by atoms with Gasteiger partial charge in [-0.2, -0.15) is 0 Å². The molecule has 1 saturated heterocycles. The van der Waals surface area contributed by atoms with Crippen molar-refractivity contribution in [3.63, 3.8) is 0 Å². The van der Waals surface area contributed by atoms with Crippen molar-refractivity contribution in [2.45, 2.75) is 11.1 Å². The summed E-state index contributed by atoms with van der Waals surface area (Å²) in [6.45, 7) is 0. The zero-order chi connectivity index (χ0) is 20.1. The van der Waals surface area contributed by atoms with Gasteiger partial charge in [-0.15, -0.1) is 0 Å². The summed E-state index contributed by atoms with van der Waals surface area (Å²) in [5.74, 6) is -0.110. The van der Waals surface area contributed by atoms with Crippen LogP contribution < -0.4 is 20.7 Å². The number of sulfonamides is 1. The molecule has 2 unspecified atom stereocenters. The highest BCUT2D eigenvalue weighted by Crippen LogP contribution is 2.39. The Balaban J connectivity index is 1.78. The second-order valence-electron chi connectivity index (χ2n) is 6.42. The van der Waals surface area contributed by atoms with Gasteiger partial charge in [0.25, 0.3) is 0 Å². The van der Waals surface area contributed by atoms with Gasteiger partial charge < -0.3 is 15.5 Å². The standard InChI is InChI=1S/C18H15BrN4O2S3/c19-11-3-1-10(2-4-11)14-9-23(16-15(14)17(26)22-18(27)21-16)12-5-7-13(8-6-12)28(20,24)25/h1-9,15-16H,(H2,20,24,25)(H2,21,22,26,27). The van der Waals surface area contributed by atoms with Crippen LogP contribution in [0.1, 0.15) is 5.56 Å². The predicted molar refractivity (Wildman–Crippen MR) is 121 cm³/mol. The summed E-state index contributed by atoms with van der Waals surface area (Å²) in [7, 11) is -3.75. The second-order valence-corrected chi connectivity index (χ2v) is 9.75. The Bertz CT molecular complexity index is 1100. The van der Waals surface area contributed by atoms with E-state index in [1.807, 2.05) is 35.4 Å². The van der Waals surface area contributed by atoms with Gasteiger partial charge in [-0.3, -0.25) is 0 Å². The number of primary sulfonamides is 1. The van der Waals surface area contributed by atoms with E-state index in [4.69, 9.17) is 29.6 Å². The third-order valence-corrected chi connectivity index (χ3v) is 6.70. The topological polar surface area (TPSA) is 87.5 Å². The molecule has 0 aliphatic carbocycles. The molecule has 1 fully saturated rings. The highest BCUT2D eigenvalue weighted by atomic mass is 79.9. The molecule has 28 heavy (non-hydrogen) atoms. The fraction of sp³-hybridized carbons (Fsp3) is 0.111. The SMILES string of the molecule is NS(=O)(=O)c1ccc(N2C=C(c3ccc(Br)cc3)C3C(=S)NC(=S)NC32)cc1. The number of hydrogen-bond donors (Lipinski definition) is 3. The van der Waals surface area contributed by atoms with E-state index in [0.29, 0.717) is 10.1 Å². The number of rotatable bonds is 3. The van der Waals surface area contributed by atoms with E-state index in [9.17, 15) is 8.42 Å². The van der Waals surface area contributed by atoms with Crippen LogP contribution in [0.3, 0.4) is 0 Å². The van der Waals surface area contributed by atoms with Crippen LogP contribution in [-0.4, -0.2) is 24.7 Å². The Labute approximate surface area is 182 Å². The van der Waals surface area contributed by atoms with Gasteiger partial charge in [0.15, 0.2) is 5.11 Å². The number of benzene rings is 2. The Morgan fingerprint density at radius 2 is 1.68 bits per heavy atom. The zero-order valence-corrected chi connectivity index (χ0v) is 18.3. The molecule has 10 heteroatoms. The molecule has 2 atom stereocenters. The minimum Gasteiger partial charge on any atom is -0.341 e.